The van der Waals surface area contributed by atoms with Gasteiger partial charge in [0.1, 0.15) is 5.76 Å². The summed E-state index contributed by atoms with van der Waals surface area (Å²) in [6, 6.07) is 6.46. The minimum atomic E-state index is 0.572. The number of aryl methyl sites for hydroxylation is 1. The fourth-order valence-corrected chi connectivity index (χ4v) is 3.53. The number of guanidine groups is 1. The van der Waals surface area contributed by atoms with Crippen LogP contribution in [0.15, 0.2) is 46.3 Å². The van der Waals surface area contributed by atoms with Crippen molar-refractivity contribution in [1.82, 2.24) is 25.3 Å². The first-order valence-corrected chi connectivity index (χ1v) is 10.1. The molecule has 7 heteroatoms. The van der Waals surface area contributed by atoms with Crippen molar-refractivity contribution in [3.63, 3.8) is 0 Å². The van der Waals surface area contributed by atoms with E-state index in [9.17, 15) is 0 Å². The van der Waals surface area contributed by atoms with Gasteiger partial charge in [-0.1, -0.05) is 6.92 Å². The Morgan fingerprint density at radius 3 is 3.04 bits per heavy atom. The zero-order valence-corrected chi connectivity index (χ0v) is 16.3. The van der Waals surface area contributed by atoms with Crippen molar-refractivity contribution < 1.29 is 4.42 Å². The Balaban J connectivity index is 1.46. The maximum atomic E-state index is 5.41. The van der Waals surface area contributed by atoms with E-state index in [1.54, 1.807) is 6.26 Å². The number of likely N-dealkylation sites (N-methyl/N-ethyl adjacent to an activating group) is 1. The molecular formula is C20H32N6O. The Hall–Kier alpha value is -2.28. The number of furan rings is 1. The number of nitrogens with one attached hydrogen (secondary N) is 2. The molecule has 1 aliphatic heterocycles. The first-order valence-electron chi connectivity index (χ1n) is 10.1. The van der Waals surface area contributed by atoms with Gasteiger partial charge in [-0.2, -0.15) is 5.10 Å². The smallest absolute Gasteiger partial charge is 0.191 e. The van der Waals surface area contributed by atoms with Gasteiger partial charge in [0, 0.05) is 44.5 Å². The van der Waals surface area contributed by atoms with Gasteiger partial charge in [-0.25, -0.2) is 0 Å². The summed E-state index contributed by atoms with van der Waals surface area (Å²) >= 11 is 0. The molecule has 0 radical (unpaired) electrons. The van der Waals surface area contributed by atoms with Crippen LogP contribution in [0.3, 0.4) is 0 Å². The molecule has 1 saturated heterocycles. The van der Waals surface area contributed by atoms with Crippen LogP contribution >= 0.6 is 0 Å². The predicted molar refractivity (Wildman–Crippen MR) is 108 cm³/mol. The van der Waals surface area contributed by atoms with Crippen molar-refractivity contribution in [2.45, 2.75) is 45.2 Å². The average molecular weight is 373 g/mol. The van der Waals surface area contributed by atoms with Gasteiger partial charge in [0.15, 0.2) is 5.96 Å². The number of likely N-dealkylation sites (tertiary alicyclic amines) is 1. The van der Waals surface area contributed by atoms with Crippen LogP contribution in [0.2, 0.25) is 0 Å². The van der Waals surface area contributed by atoms with E-state index in [0.29, 0.717) is 6.04 Å². The highest BCUT2D eigenvalue weighted by Crippen LogP contribution is 2.16. The van der Waals surface area contributed by atoms with Gasteiger partial charge in [-0.15, -0.1) is 0 Å². The third-order valence-corrected chi connectivity index (χ3v) is 5.02. The van der Waals surface area contributed by atoms with E-state index < -0.39 is 0 Å². The first kappa shape index (κ1) is 19.5. The topological polar surface area (TPSA) is 70.6 Å². The molecule has 2 aromatic rings. The molecule has 27 heavy (non-hydrogen) atoms. The maximum absolute atomic E-state index is 5.41. The summed E-state index contributed by atoms with van der Waals surface area (Å²) in [7, 11) is 0. The van der Waals surface area contributed by atoms with Crippen molar-refractivity contribution >= 4 is 5.96 Å². The number of aromatic nitrogens is 2. The van der Waals surface area contributed by atoms with Gasteiger partial charge in [0.2, 0.25) is 0 Å². The summed E-state index contributed by atoms with van der Waals surface area (Å²) in [6.07, 6.45) is 9.92. The monoisotopic (exact) mass is 372 g/mol. The molecule has 0 aliphatic carbocycles. The molecule has 3 rings (SSSR count). The molecule has 7 nitrogen and oxygen atoms in total. The van der Waals surface area contributed by atoms with Gasteiger partial charge in [-0.05, 0) is 50.6 Å². The van der Waals surface area contributed by atoms with Crippen LogP contribution in [0.5, 0.6) is 0 Å². The minimum absolute atomic E-state index is 0.572. The molecule has 0 aromatic carbocycles. The standard InChI is InChI=1S/C20H32N6O/c1-2-25-13-3-7-18(25)17-23-20(22-12-9-19-8-4-16-27-19)21-10-5-14-26-15-6-11-24-26/h4,6,8,11,15-16,18H,2-3,5,7,9-10,12-14,17H2,1H3,(H2,21,22,23). The third kappa shape index (κ3) is 6.43. The van der Waals surface area contributed by atoms with Crippen LogP contribution in [0, 0.1) is 0 Å². The Morgan fingerprint density at radius 1 is 1.33 bits per heavy atom. The van der Waals surface area contributed by atoms with Crippen LogP contribution in [0.25, 0.3) is 0 Å². The second-order valence-corrected chi connectivity index (χ2v) is 6.92. The van der Waals surface area contributed by atoms with Crippen molar-refractivity contribution in [1.29, 1.82) is 0 Å². The minimum Gasteiger partial charge on any atom is -0.469 e. The summed E-state index contributed by atoms with van der Waals surface area (Å²) in [5.74, 6) is 1.89. The highest BCUT2D eigenvalue weighted by Gasteiger charge is 2.22. The van der Waals surface area contributed by atoms with Crippen molar-refractivity contribution in [2.24, 2.45) is 4.99 Å². The van der Waals surface area contributed by atoms with E-state index in [1.807, 2.05) is 35.3 Å². The molecule has 1 aliphatic rings. The van der Waals surface area contributed by atoms with Gasteiger partial charge in [0.25, 0.3) is 0 Å². The van der Waals surface area contributed by atoms with Crippen LogP contribution in [0.4, 0.5) is 0 Å². The van der Waals surface area contributed by atoms with Gasteiger partial charge < -0.3 is 15.1 Å². The fraction of sp³-hybridized carbons (Fsp3) is 0.600. The number of hydrogen-bond acceptors (Lipinski definition) is 4. The highest BCUT2D eigenvalue weighted by molar-refractivity contribution is 5.79. The molecule has 1 fully saturated rings. The first-order chi connectivity index (χ1) is 13.3. The van der Waals surface area contributed by atoms with Crippen LogP contribution in [-0.4, -0.2) is 59.4 Å². The summed E-state index contributed by atoms with van der Waals surface area (Å²) in [5, 5.41) is 11.2. The second kappa shape index (κ2) is 10.8. The maximum Gasteiger partial charge on any atom is 0.191 e. The Kier molecular flexibility index (Phi) is 7.77. The van der Waals surface area contributed by atoms with E-state index in [-0.39, 0.29) is 0 Å². The lowest BCUT2D eigenvalue weighted by atomic mass is 10.2. The molecule has 2 N–H and O–H groups in total. The molecule has 1 unspecified atom stereocenters. The Bertz CT molecular complexity index is 652. The summed E-state index contributed by atoms with van der Waals surface area (Å²) < 4.78 is 7.37. The van der Waals surface area contributed by atoms with E-state index in [0.717, 1.165) is 57.3 Å². The average Bonchev–Trinajstić information content (AvgIpc) is 3.45. The van der Waals surface area contributed by atoms with Crippen molar-refractivity contribution in [3.8, 4) is 0 Å². The quantitative estimate of drug-likeness (QED) is 0.380. The van der Waals surface area contributed by atoms with Gasteiger partial charge >= 0.3 is 0 Å². The molecule has 0 spiro atoms. The van der Waals surface area contributed by atoms with Crippen molar-refractivity contribution in [3.05, 3.63) is 42.6 Å². The Morgan fingerprint density at radius 2 is 2.26 bits per heavy atom. The van der Waals surface area contributed by atoms with Crippen LogP contribution < -0.4 is 10.6 Å². The van der Waals surface area contributed by atoms with Crippen LogP contribution in [0.1, 0.15) is 31.9 Å². The van der Waals surface area contributed by atoms with E-state index in [1.165, 1.54) is 19.4 Å². The van der Waals surface area contributed by atoms with Gasteiger partial charge in [-0.3, -0.25) is 14.6 Å². The zero-order chi connectivity index (χ0) is 18.7. The zero-order valence-electron chi connectivity index (χ0n) is 16.3. The molecule has 0 saturated carbocycles. The summed E-state index contributed by atoms with van der Waals surface area (Å²) in [5.41, 5.74) is 0. The molecular weight excluding hydrogens is 340 g/mol. The molecule has 2 aromatic heterocycles. The third-order valence-electron chi connectivity index (χ3n) is 5.02. The molecule has 0 bridgehead atoms. The molecule has 1 atom stereocenters. The number of nitrogens with zero attached hydrogens (tertiary/aromatic N) is 4. The molecule has 148 valence electrons. The predicted octanol–water partition coefficient (Wildman–Crippen LogP) is 2.13. The van der Waals surface area contributed by atoms with E-state index in [4.69, 9.17) is 9.41 Å². The molecule has 3 heterocycles. The van der Waals surface area contributed by atoms with E-state index in [2.05, 4.69) is 27.6 Å². The Labute approximate surface area is 161 Å². The number of rotatable bonds is 10. The number of aliphatic imine (C=N–C) groups is 1. The lowest BCUT2D eigenvalue weighted by Crippen LogP contribution is -2.40. The molecule has 0 amide bonds. The summed E-state index contributed by atoms with van der Waals surface area (Å²) in [6.45, 7) is 7.98. The number of hydrogen-bond donors (Lipinski definition) is 2. The highest BCUT2D eigenvalue weighted by atomic mass is 16.3. The lowest BCUT2D eigenvalue weighted by Gasteiger charge is -2.21. The van der Waals surface area contributed by atoms with Crippen LogP contribution in [-0.2, 0) is 13.0 Å². The SMILES string of the molecule is CCN1CCCC1CN=C(NCCCn1cccn1)NCCc1ccco1. The second-order valence-electron chi connectivity index (χ2n) is 6.92. The van der Waals surface area contributed by atoms with E-state index >= 15 is 0 Å². The summed E-state index contributed by atoms with van der Waals surface area (Å²) in [4.78, 5) is 7.39. The van der Waals surface area contributed by atoms with Crippen molar-refractivity contribution in [2.75, 3.05) is 32.7 Å². The normalized spacial score (nSPS) is 18.1. The largest absolute Gasteiger partial charge is 0.469 e. The van der Waals surface area contributed by atoms with Gasteiger partial charge in [0.05, 0.1) is 12.8 Å². The fourth-order valence-electron chi connectivity index (χ4n) is 3.53. The lowest BCUT2D eigenvalue weighted by molar-refractivity contribution is 0.273.